The van der Waals surface area contributed by atoms with Crippen LogP contribution in [0.2, 0.25) is 0 Å². The molecule has 1 aromatic carbocycles. The van der Waals surface area contributed by atoms with Crippen molar-refractivity contribution in [3.8, 4) is 0 Å². The number of rotatable bonds is 3. The molecule has 0 saturated carbocycles. The average Bonchev–Trinajstić information content (AvgIpc) is 2.31. The molecule has 1 fully saturated rings. The Kier molecular flexibility index (Phi) is 4.24. The SMILES string of the molecule is NCCC1CCCCN1c1ccccc1Br. The van der Waals surface area contributed by atoms with Crippen LogP contribution in [-0.2, 0) is 0 Å². The van der Waals surface area contributed by atoms with Gasteiger partial charge in [-0.25, -0.2) is 0 Å². The van der Waals surface area contributed by atoms with Crippen molar-refractivity contribution in [2.24, 2.45) is 5.73 Å². The van der Waals surface area contributed by atoms with Gasteiger partial charge in [0.05, 0.1) is 5.69 Å². The van der Waals surface area contributed by atoms with Crippen molar-refractivity contribution in [2.75, 3.05) is 18.0 Å². The number of hydrogen-bond acceptors (Lipinski definition) is 2. The highest BCUT2D eigenvalue weighted by atomic mass is 79.9. The molecule has 1 atom stereocenters. The van der Waals surface area contributed by atoms with Crippen LogP contribution in [0.3, 0.4) is 0 Å². The minimum Gasteiger partial charge on any atom is -0.368 e. The van der Waals surface area contributed by atoms with Crippen LogP contribution in [0.5, 0.6) is 0 Å². The van der Waals surface area contributed by atoms with Gasteiger partial charge in [0.25, 0.3) is 0 Å². The van der Waals surface area contributed by atoms with Gasteiger partial charge in [0.15, 0.2) is 0 Å². The van der Waals surface area contributed by atoms with Crippen LogP contribution in [0.15, 0.2) is 28.7 Å². The van der Waals surface area contributed by atoms with E-state index in [9.17, 15) is 0 Å². The number of para-hydroxylation sites is 1. The van der Waals surface area contributed by atoms with E-state index in [-0.39, 0.29) is 0 Å². The fourth-order valence-corrected chi connectivity index (χ4v) is 3.01. The van der Waals surface area contributed by atoms with Gasteiger partial charge in [-0.05, 0) is 60.3 Å². The predicted molar refractivity (Wildman–Crippen MR) is 72.8 cm³/mol. The van der Waals surface area contributed by atoms with E-state index in [4.69, 9.17) is 5.73 Å². The van der Waals surface area contributed by atoms with Crippen LogP contribution >= 0.6 is 15.9 Å². The lowest BCUT2D eigenvalue weighted by Gasteiger charge is -2.38. The first-order chi connectivity index (χ1) is 7.83. The van der Waals surface area contributed by atoms with E-state index < -0.39 is 0 Å². The van der Waals surface area contributed by atoms with E-state index in [2.05, 4.69) is 45.1 Å². The molecule has 0 aliphatic carbocycles. The normalized spacial score (nSPS) is 21.1. The molecular formula is C13H19BrN2. The van der Waals surface area contributed by atoms with Crippen LogP contribution in [0.25, 0.3) is 0 Å². The zero-order chi connectivity index (χ0) is 11.4. The summed E-state index contributed by atoms with van der Waals surface area (Å²) in [4.78, 5) is 2.51. The largest absolute Gasteiger partial charge is 0.368 e. The molecule has 2 nitrogen and oxygen atoms in total. The highest BCUT2D eigenvalue weighted by Crippen LogP contribution is 2.31. The lowest BCUT2D eigenvalue weighted by Crippen LogP contribution is -2.40. The zero-order valence-corrected chi connectivity index (χ0v) is 11.1. The molecule has 1 aromatic rings. The number of anilines is 1. The fraction of sp³-hybridized carbons (Fsp3) is 0.538. The summed E-state index contributed by atoms with van der Waals surface area (Å²) in [5, 5.41) is 0. The van der Waals surface area contributed by atoms with Crippen molar-refractivity contribution in [1.82, 2.24) is 0 Å². The molecule has 88 valence electrons. The third-order valence-electron chi connectivity index (χ3n) is 3.29. The van der Waals surface area contributed by atoms with Crippen LogP contribution in [-0.4, -0.2) is 19.1 Å². The first-order valence-electron chi connectivity index (χ1n) is 6.04. The van der Waals surface area contributed by atoms with Crippen molar-refractivity contribution in [1.29, 1.82) is 0 Å². The van der Waals surface area contributed by atoms with E-state index in [1.165, 1.54) is 29.4 Å². The Morgan fingerprint density at radius 2 is 2.12 bits per heavy atom. The lowest BCUT2D eigenvalue weighted by atomic mass is 9.98. The average molecular weight is 283 g/mol. The third-order valence-corrected chi connectivity index (χ3v) is 3.96. The predicted octanol–water partition coefficient (Wildman–Crippen LogP) is 3.16. The Morgan fingerprint density at radius 3 is 2.88 bits per heavy atom. The van der Waals surface area contributed by atoms with Crippen LogP contribution in [0.1, 0.15) is 25.7 Å². The molecular weight excluding hydrogens is 264 g/mol. The van der Waals surface area contributed by atoms with Gasteiger partial charge in [0, 0.05) is 17.1 Å². The van der Waals surface area contributed by atoms with E-state index in [1.807, 2.05) is 0 Å². The number of benzene rings is 1. The molecule has 1 aliphatic rings. The molecule has 0 bridgehead atoms. The first kappa shape index (κ1) is 11.9. The number of nitrogens with two attached hydrogens (primary N) is 1. The molecule has 1 heterocycles. The second-order valence-electron chi connectivity index (χ2n) is 4.37. The second-order valence-corrected chi connectivity index (χ2v) is 5.23. The highest BCUT2D eigenvalue weighted by Gasteiger charge is 2.22. The maximum atomic E-state index is 5.70. The van der Waals surface area contributed by atoms with Crippen LogP contribution in [0, 0.1) is 0 Å². The van der Waals surface area contributed by atoms with E-state index in [0.717, 1.165) is 19.5 Å². The second kappa shape index (κ2) is 5.69. The molecule has 16 heavy (non-hydrogen) atoms. The molecule has 3 heteroatoms. The minimum atomic E-state index is 0.623. The molecule has 0 aromatic heterocycles. The summed E-state index contributed by atoms with van der Waals surface area (Å²) in [5.41, 5.74) is 7.02. The van der Waals surface area contributed by atoms with Crippen molar-refractivity contribution in [3.63, 3.8) is 0 Å². The van der Waals surface area contributed by atoms with Crippen LogP contribution < -0.4 is 10.6 Å². The molecule has 1 saturated heterocycles. The number of halogens is 1. The third kappa shape index (κ3) is 2.58. The summed E-state index contributed by atoms with van der Waals surface area (Å²) in [6, 6.07) is 9.10. The van der Waals surface area contributed by atoms with E-state index >= 15 is 0 Å². The van der Waals surface area contributed by atoms with Crippen molar-refractivity contribution < 1.29 is 0 Å². The Hall–Kier alpha value is -0.540. The minimum absolute atomic E-state index is 0.623. The Bertz CT molecular complexity index is 338. The van der Waals surface area contributed by atoms with Gasteiger partial charge >= 0.3 is 0 Å². The van der Waals surface area contributed by atoms with Gasteiger partial charge in [-0.15, -0.1) is 0 Å². The summed E-state index contributed by atoms with van der Waals surface area (Å²) >= 11 is 3.64. The van der Waals surface area contributed by atoms with E-state index in [0.29, 0.717) is 6.04 Å². The smallest absolute Gasteiger partial charge is 0.0513 e. The Balaban J connectivity index is 2.19. The highest BCUT2D eigenvalue weighted by molar-refractivity contribution is 9.10. The van der Waals surface area contributed by atoms with Gasteiger partial charge < -0.3 is 10.6 Å². The Labute approximate surface area is 106 Å². The topological polar surface area (TPSA) is 29.3 Å². The molecule has 1 aliphatic heterocycles. The molecule has 2 N–H and O–H groups in total. The van der Waals surface area contributed by atoms with Crippen molar-refractivity contribution >= 4 is 21.6 Å². The maximum absolute atomic E-state index is 5.70. The Morgan fingerprint density at radius 1 is 1.31 bits per heavy atom. The molecule has 0 radical (unpaired) electrons. The fourth-order valence-electron chi connectivity index (χ4n) is 2.49. The van der Waals surface area contributed by atoms with Gasteiger partial charge in [0.2, 0.25) is 0 Å². The van der Waals surface area contributed by atoms with Crippen LogP contribution in [0.4, 0.5) is 5.69 Å². The first-order valence-corrected chi connectivity index (χ1v) is 6.83. The summed E-state index contributed by atoms with van der Waals surface area (Å²) in [5.74, 6) is 0. The number of nitrogens with zero attached hydrogens (tertiary/aromatic N) is 1. The quantitative estimate of drug-likeness (QED) is 0.923. The monoisotopic (exact) mass is 282 g/mol. The lowest BCUT2D eigenvalue weighted by molar-refractivity contribution is 0.441. The zero-order valence-electron chi connectivity index (χ0n) is 9.53. The molecule has 2 rings (SSSR count). The van der Waals surface area contributed by atoms with Gasteiger partial charge in [-0.3, -0.25) is 0 Å². The van der Waals surface area contributed by atoms with Gasteiger partial charge in [-0.2, -0.15) is 0 Å². The standard InChI is InChI=1S/C13H19BrN2/c14-12-6-1-2-7-13(12)16-10-4-3-5-11(16)8-9-15/h1-2,6-7,11H,3-5,8-10,15H2. The van der Waals surface area contributed by atoms with E-state index in [1.54, 1.807) is 0 Å². The summed E-state index contributed by atoms with van der Waals surface area (Å²) in [7, 11) is 0. The van der Waals surface area contributed by atoms with Crippen molar-refractivity contribution in [2.45, 2.75) is 31.7 Å². The van der Waals surface area contributed by atoms with Gasteiger partial charge in [0.1, 0.15) is 0 Å². The van der Waals surface area contributed by atoms with Gasteiger partial charge in [-0.1, -0.05) is 12.1 Å². The molecule has 0 amide bonds. The van der Waals surface area contributed by atoms with Crippen molar-refractivity contribution in [3.05, 3.63) is 28.7 Å². The summed E-state index contributed by atoms with van der Waals surface area (Å²) in [6.07, 6.45) is 5.01. The summed E-state index contributed by atoms with van der Waals surface area (Å²) in [6.45, 7) is 1.94. The summed E-state index contributed by atoms with van der Waals surface area (Å²) < 4.78 is 1.19. The molecule has 0 spiro atoms. The number of piperidine rings is 1. The number of hydrogen-bond donors (Lipinski definition) is 1. The molecule has 1 unspecified atom stereocenters. The maximum Gasteiger partial charge on any atom is 0.0513 e.